The Morgan fingerprint density at radius 1 is 0.457 bits per heavy atom. The molecule has 3 N–H and O–H groups in total. The molecular weight excluding hydrogens is 1180 g/mol. The summed E-state index contributed by atoms with van der Waals surface area (Å²) in [7, 11) is -1.06. The topological polar surface area (TPSA) is 120 Å². The van der Waals surface area contributed by atoms with Crippen molar-refractivity contribution in [2.24, 2.45) is 162 Å². The van der Waals surface area contributed by atoms with E-state index in [9.17, 15) is 8.42 Å². The Kier molecular flexibility index (Phi) is 20.4. The first-order valence-electron chi connectivity index (χ1n) is 38.5. The van der Waals surface area contributed by atoms with Crippen LogP contribution in [-0.2, 0) is 33.7 Å². The molecule has 0 aromatic heterocycles. The summed E-state index contributed by atoms with van der Waals surface area (Å²) in [6.45, 7) is 64.0. The molecule has 0 amide bonds. The minimum absolute atomic E-state index is 0.364. The van der Waals surface area contributed by atoms with Gasteiger partial charge >= 0.3 is 0 Å². The number of allylic oxidation sites excluding steroid dienone is 1. The number of hydrogen-bond donors (Lipinski definition) is 3. The predicted octanol–water partition coefficient (Wildman–Crippen LogP) is 15.1. The zero-order valence-electron chi connectivity index (χ0n) is 62.9. The fourth-order valence-corrected chi connectivity index (χ4v) is 24.7. The summed E-state index contributed by atoms with van der Waals surface area (Å²) >= 11 is 2.11. The Balaban J connectivity index is 0.000000105. The van der Waals surface area contributed by atoms with Gasteiger partial charge in [0, 0.05) is 109 Å². The van der Waals surface area contributed by atoms with E-state index in [0.717, 1.165) is 212 Å². The second-order valence-corrected chi connectivity index (χ2v) is 39.5. The lowest BCUT2D eigenvalue weighted by Crippen LogP contribution is -2.52. The summed E-state index contributed by atoms with van der Waals surface area (Å²) < 4.78 is 50.5. The van der Waals surface area contributed by atoms with Crippen molar-refractivity contribution in [3.8, 4) is 0 Å². The number of hydrogen-bond acceptors (Lipinski definition) is 11. The highest BCUT2D eigenvalue weighted by Crippen LogP contribution is 2.75. The summed E-state index contributed by atoms with van der Waals surface area (Å²) in [5.41, 5.74) is 7.54. The van der Waals surface area contributed by atoms with Gasteiger partial charge < -0.3 is 39.6 Å². The zero-order valence-corrected chi connectivity index (χ0v) is 64.6. The van der Waals surface area contributed by atoms with Crippen LogP contribution >= 0.6 is 11.8 Å². The third-order valence-corrected chi connectivity index (χ3v) is 37.8. The Morgan fingerprint density at radius 3 is 1.04 bits per heavy atom. The van der Waals surface area contributed by atoms with Gasteiger partial charge in [-0.15, -0.1) is 0 Å². The average molecular weight is 1320 g/mol. The van der Waals surface area contributed by atoms with Crippen LogP contribution in [0.25, 0.3) is 0 Å². The van der Waals surface area contributed by atoms with Crippen molar-refractivity contribution in [3.63, 3.8) is 0 Å². The standard InChI is InChI=1S/C11H20O.C9H15N.C8H15NO2S.C8H15NO.C8H14O.C7H13N.2C7H12O.C7H12S.C7H12/c1-8-9(2)11(8)6-4-10(12-3)5-7-11;1-6-7(2)9(6)4-5-10-8(9)3;1-6-7(2)8(6)4-9(5-8)12(3,10)11;1-6-7(2)8(6)5-10-4-3-9-8;1-6-7(2)8(6)3-4-9-5-8;2*1-5-6(2)7(5)3-8-4-7;1-5-6(2)7(5)3-4-8-7;1-5-6(2)7(5)3-8-4-7;1-5-6(2)7(5)3-4-7/h8-10H,4-7H2,1-3H3;6-7,10H,3-5H2,1-2H3;6-7H,4-5H2,1-3H3;6-7,9H,3-5H2,1-2H3;6-7H,3-5H2,1-2H3;5-6,8H,3-4H2,1-2H3;3*5-6H,3-4H2,1-2H3;5-6H,3-4H2,1-2H3. The van der Waals surface area contributed by atoms with E-state index in [0.29, 0.717) is 38.9 Å². The highest BCUT2D eigenvalue weighted by molar-refractivity contribution is 8.00. The highest BCUT2D eigenvalue weighted by Gasteiger charge is 2.70. The van der Waals surface area contributed by atoms with E-state index < -0.39 is 10.0 Å². The molecule has 12 saturated carbocycles. The lowest BCUT2D eigenvalue weighted by molar-refractivity contribution is -0.0901. The van der Waals surface area contributed by atoms with Crippen LogP contribution in [0.15, 0.2) is 12.3 Å². The van der Waals surface area contributed by atoms with E-state index in [4.69, 9.17) is 23.7 Å². The largest absolute Gasteiger partial charge is 0.388 e. The maximum atomic E-state index is 11.1. The molecule has 0 radical (unpaired) electrons. The monoisotopic (exact) mass is 1320 g/mol. The second kappa shape index (κ2) is 25.8. The van der Waals surface area contributed by atoms with E-state index >= 15 is 0 Å². The van der Waals surface area contributed by atoms with Crippen LogP contribution in [0, 0.1) is 162 Å². The third kappa shape index (κ3) is 12.3. The van der Waals surface area contributed by atoms with Crippen LogP contribution in [0.1, 0.15) is 196 Å². The molecule has 530 valence electrons. The van der Waals surface area contributed by atoms with Gasteiger partial charge in [0.15, 0.2) is 0 Å². The van der Waals surface area contributed by atoms with Gasteiger partial charge in [0.05, 0.1) is 57.6 Å². The van der Waals surface area contributed by atoms with Crippen molar-refractivity contribution < 1.29 is 32.1 Å². The average Bonchev–Trinajstić information content (AvgIpc) is 1.52. The summed E-state index contributed by atoms with van der Waals surface area (Å²) in [5.74, 6) is 21.4. The normalized spacial score (nSPS) is 51.0. The van der Waals surface area contributed by atoms with Crippen LogP contribution in [0.2, 0.25) is 0 Å². The molecule has 20 atom stereocenters. The SMILES string of the molecule is C=C1NCCC12C(C)C2C.CC1C(C)C12CC2.CC1C(C)C12CCO2.CC1C(C)C12CCOC2.CC1C(C)C12CN(S(C)(=O)=O)C2.CC1C(C)C12CNC2.CC1C(C)C12COC2.CC1C(C)C12COCCN2.CC1C(C)C12CSC2.COC1CCC2(CC1)C(C)C2C. The van der Waals surface area contributed by atoms with Crippen molar-refractivity contribution >= 4 is 21.8 Å². The molecule has 20 rings (SSSR count). The summed E-state index contributed by atoms with van der Waals surface area (Å²) in [5, 5.41) is 10.2. The molecule has 20 unspecified atom stereocenters. The number of thioether (sulfide) groups is 1. The maximum absolute atomic E-state index is 11.1. The van der Waals surface area contributed by atoms with Gasteiger partial charge in [0.1, 0.15) is 0 Å². The van der Waals surface area contributed by atoms with Gasteiger partial charge in [0.25, 0.3) is 0 Å². The first-order chi connectivity index (χ1) is 43.2. The fraction of sp³-hybridized carbons (Fsp3) is 0.975. The predicted molar refractivity (Wildman–Crippen MR) is 381 cm³/mol. The third-order valence-electron chi connectivity index (χ3n) is 35.1. The molecule has 92 heavy (non-hydrogen) atoms. The lowest BCUT2D eigenvalue weighted by Gasteiger charge is -2.39. The molecule has 8 aliphatic heterocycles. The molecule has 8 saturated heterocycles. The van der Waals surface area contributed by atoms with Crippen LogP contribution < -0.4 is 16.0 Å². The molecule has 0 aromatic rings. The summed E-state index contributed by atoms with van der Waals surface area (Å²) in [4.78, 5) is 0. The van der Waals surface area contributed by atoms with Gasteiger partial charge in [-0.25, -0.2) is 12.7 Å². The van der Waals surface area contributed by atoms with Crippen molar-refractivity contribution in [1.29, 1.82) is 0 Å². The maximum Gasteiger partial charge on any atom is 0.211 e. The second-order valence-electron chi connectivity index (χ2n) is 36.5. The Morgan fingerprint density at radius 2 is 0.891 bits per heavy atom. The van der Waals surface area contributed by atoms with Crippen LogP contribution in [0.3, 0.4) is 0 Å². The van der Waals surface area contributed by atoms with E-state index in [2.05, 4.69) is 173 Å². The minimum atomic E-state index is -2.91. The Labute approximate surface area is 568 Å². The van der Waals surface area contributed by atoms with E-state index in [1.807, 2.05) is 7.11 Å². The van der Waals surface area contributed by atoms with Crippen molar-refractivity contribution in [3.05, 3.63) is 12.3 Å². The van der Waals surface area contributed by atoms with Crippen LogP contribution in [0.5, 0.6) is 0 Å². The molecule has 13 heteroatoms. The number of ether oxygens (including phenoxy) is 5. The Hall–Kier alpha value is -0.480. The summed E-state index contributed by atoms with van der Waals surface area (Å²) in [6, 6.07) is 0. The number of morpholine rings is 1. The number of sulfonamides is 1. The molecule has 0 aromatic carbocycles. The zero-order chi connectivity index (χ0) is 67.1. The minimum Gasteiger partial charge on any atom is -0.388 e. The van der Waals surface area contributed by atoms with Gasteiger partial charge in [-0.2, -0.15) is 11.8 Å². The molecule has 20 fully saturated rings. The fourth-order valence-electron chi connectivity index (χ4n) is 22.1. The molecule has 0 bridgehead atoms. The van der Waals surface area contributed by atoms with Crippen LogP contribution in [0.4, 0.5) is 0 Å². The van der Waals surface area contributed by atoms with Gasteiger partial charge in [-0.1, -0.05) is 145 Å². The number of methoxy groups -OCH3 is 1. The number of nitrogens with one attached hydrogen (secondary N) is 3. The Bertz CT molecular complexity index is 2460. The van der Waals surface area contributed by atoms with Crippen LogP contribution in [-0.4, -0.2) is 140 Å². The van der Waals surface area contributed by atoms with Crippen molar-refractivity contribution in [1.82, 2.24) is 20.3 Å². The molecule has 10 spiro atoms. The van der Waals surface area contributed by atoms with Crippen molar-refractivity contribution in [2.75, 3.05) is 110 Å². The lowest BCUT2D eigenvalue weighted by atomic mass is 9.82. The molecule has 11 nitrogen and oxygen atoms in total. The first kappa shape index (κ1) is 72.8. The smallest absolute Gasteiger partial charge is 0.211 e. The number of nitrogens with zero attached hydrogens (tertiary/aromatic N) is 1. The van der Waals surface area contributed by atoms with E-state index in [-0.39, 0.29) is 0 Å². The first-order valence-corrected chi connectivity index (χ1v) is 41.5. The van der Waals surface area contributed by atoms with Crippen molar-refractivity contribution in [2.45, 2.75) is 214 Å². The van der Waals surface area contributed by atoms with E-state index in [1.165, 1.54) is 94.3 Å². The highest BCUT2D eigenvalue weighted by atomic mass is 32.2. The molecule has 20 aliphatic rings. The van der Waals surface area contributed by atoms with Gasteiger partial charge in [0.2, 0.25) is 10.0 Å². The quantitative estimate of drug-likeness (QED) is 0.245. The molecule has 12 aliphatic carbocycles. The molecular formula is C79H140N4O7S2. The van der Waals surface area contributed by atoms with E-state index in [1.54, 1.807) is 4.31 Å². The molecule has 8 heterocycles. The summed E-state index contributed by atoms with van der Waals surface area (Å²) in [6.07, 6.45) is 14.3. The van der Waals surface area contributed by atoms with Gasteiger partial charge in [-0.3, -0.25) is 0 Å². The van der Waals surface area contributed by atoms with Gasteiger partial charge in [-0.05, 0) is 186 Å². The number of rotatable bonds is 2.